The van der Waals surface area contributed by atoms with Gasteiger partial charge < -0.3 is 14.2 Å². The van der Waals surface area contributed by atoms with E-state index in [1.165, 1.54) is 231 Å². The van der Waals surface area contributed by atoms with Gasteiger partial charge in [-0.15, -0.1) is 0 Å². The lowest BCUT2D eigenvalue weighted by atomic mass is 10.0. The third-order valence-electron chi connectivity index (χ3n) is 11.9. The molecule has 0 amide bonds. The quantitative estimate of drug-likeness (QED) is 0.0453. The van der Waals surface area contributed by atoms with Crippen molar-refractivity contribution >= 4 is 11.9 Å². The van der Waals surface area contributed by atoms with Gasteiger partial charge in [0.25, 0.3) is 0 Å². The Morgan fingerprint density at radius 1 is 0.316 bits per heavy atom. The SMILES string of the molecule is CCCCCCCCCCCCCCCCCCOC[C@H](COC(=O)CCCCCCCCCCCCCC)OC(=O)CCCCCCCCCCCCCCC. The van der Waals surface area contributed by atoms with Crippen LogP contribution in [-0.4, -0.2) is 37.9 Å². The van der Waals surface area contributed by atoms with E-state index in [2.05, 4.69) is 20.8 Å². The molecular formula is C52H102O5. The molecule has 1 atom stereocenters. The van der Waals surface area contributed by atoms with Gasteiger partial charge in [-0.2, -0.15) is 0 Å². The van der Waals surface area contributed by atoms with Crippen LogP contribution in [0.25, 0.3) is 0 Å². The second-order valence-corrected chi connectivity index (χ2v) is 17.8. The highest BCUT2D eigenvalue weighted by molar-refractivity contribution is 5.70. The molecule has 0 aliphatic carbocycles. The van der Waals surface area contributed by atoms with E-state index in [1.54, 1.807) is 0 Å². The zero-order chi connectivity index (χ0) is 41.4. The molecule has 0 saturated heterocycles. The molecule has 0 radical (unpaired) electrons. The lowest BCUT2D eigenvalue weighted by Crippen LogP contribution is -2.30. The number of carbonyl (C=O) groups excluding carboxylic acids is 2. The van der Waals surface area contributed by atoms with Crippen LogP contribution in [0.1, 0.15) is 297 Å². The van der Waals surface area contributed by atoms with Crippen molar-refractivity contribution in [1.29, 1.82) is 0 Å². The molecular weight excluding hydrogens is 705 g/mol. The number of hydrogen-bond donors (Lipinski definition) is 0. The summed E-state index contributed by atoms with van der Waals surface area (Å²) >= 11 is 0. The van der Waals surface area contributed by atoms with Gasteiger partial charge in [-0.25, -0.2) is 0 Å². The molecule has 0 heterocycles. The van der Waals surface area contributed by atoms with Crippen LogP contribution in [0.5, 0.6) is 0 Å². The van der Waals surface area contributed by atoms with E-state index in [4.69, 9.17) is 14.2 Å². The highest BCUT2D eigenvalue weighted by Gasteiger charge is 2.17. The second-order valence-electron chi connectivity index (χ2n) is 17.8. The summed E-state index contributed by atoms with van der Waals surface area (Å²) in [4.78, 5) is 25.3. The molecule has 0 bridgehead atoms. The van der Waals surface area contributed by atoms with Gasteiger partial charge in [0.05, 0.1) is 6.61 Å². The number of ether oxygens (including phenoxy) is 3. The summed E-state index contributed by atoms with van der Waals surface area (Å²) in [6.07, 6.45) is 53.9. The average molecular weight is 807 g/mol. The van der Waals surface area contributed by atoms with E-state index >= 15 is 0 Å². The molecule has 5 nitrogen and oxygen atoms in total. The van der Waals surface area contributed by atoms with Crippen molar-refractivity contribution in [2.45, 2.75) is 303 Å². The van der Waals surface area contributed by atoms with Crippen LogP contribution < -0.4 is 0 Å². The monoisotopic (exact) mass is 807 g/mol. The minimum atomic E-state index is -0.522. The lowest BCUT2D eigenvalue weighted by Gasteiger charge is -2.18. The van der Waals surface area contributed by atoms with Crippen LogP contribution in [0, 0.1) is 0 Å². The highest BCUT2D eigenvalue weighted by Crippen LogP contribution is 2.17. The Balaban J connectivity index is 4.17. The van der Waals surface area contributed by atoms with Crippen LogP contribution in [0.4, 0.5) is 0 Å². The van der Waals surface area contributed by atoms with Crippen molar-refractivity contribution in [3.05, 3.63) is 0 Å². The first-order valence-electron chi connectivity index (χ1n) is 26.1. The number of rotatable bonds is 49. The third-order valence-corrected chi connectivity index (χ3v) is 11.9. The van der Waals surface area contributed by atoms with Gasteiger partial charge in [0, 0.05) is 19.4 Å². The van der Waals surface area contributed by atoms with Crippen molar-refractivity contribution in [2.75, 3.05) is 19.8 Å². The average Bonchev–Trinajstić information content (AvgIpc) is 3.21. The van der Waals surface area contributed by atoms with Gasteiger partial charge >= 0.3 is 11.9 Å². The first kappa shape index (κ1) is 55.9. The molecule has 0 aromatic rings. The topological polar surface area (TPSA) is 61.8 Å². The fourth-order valence-electron chi connectivity index (χ4n) is 7.98. The van der Waals surface area contributed by atoms with E-state index in [1.807, 2.05) is 0 Å². The van der Waals surface area contributed by atoms with E-state index < -0.39 is 6.10 Å². The molecule has 0 unspecified atom stereocenters. The summed E-state index contributed by atoms with van der Waals surface area (Å²) in [7, 11) is 0. The number of unbranched alkanes of at least 4 members (excludes halogenated alkanes) is 38. The zero-order valence-electron chi connectivity index (χ0n) is 39.1. The van der Waals surface area contributed by atoms with Gasteiger partial charge in [0.15, 0.2) is 6.10 Å². The van der Waals surface area contributed by atoms with Crippen LogP contribution in [0.2, 0.25) is 0 Å². The molecule has 0 rings (SSSR count). The van der Waals surface area contributed by atoms with Crippen LogP contribution in [0.3, 0.4) is 0 Å². The molecule has 340 valence electrons. The van der Waals surface area contributed by atoms with Gasteiger partial charge in [-0.3, -0.25) is 9.59 Å². The standard InChI is InChI=1S/C52H102O5/c1-4-7-10-13-16-19-22-25-26-27-29-32-35-38-41-44-47-55-48-50(49-56-51(53)45-42-39-36-33-30-24-21-18-15-12-9-6-3)57-52(54)46-43-40-37-34-31-28-23-20-17-14-11-8-5-2/h50H,4-49H2,1-3H3/t50-/m1/s1. The lowest BCUT2D eigenvalue weighted by molar-refractivity contribution is -0.163. The molecule has 0 saturated carbocycles. The van der Waals surface area contributed by atoms with Gasteiger partial charge in [-0.05, 0) is 19.3 Å². The van der Waals surface area contributed by atoms with E-state index in [9.17, 15) is 9.59 Å². The highest BCUT2D eigenvalue weighted by atomic mass is 16.6. The maximum absolute atomic E-state index is 12.8. The fourth-order valence-corrected chi connectivity index (χ4v) is 7.98. The fraction of sp³-hybridized carbons (Fsp3) is 0.962. The molecule has 0 aromatic carbocycles. The molecule has 0 aliphatic heterocycles. The molecule has 0 aliphatic rings. The Hall–Kier alpha value is -1.10. The molecule has 0 fully saturated rings. The Bertz CT molecular complexity index is 784. The van der Waals surface area contributed by atoms with Crippen molar-refractivity contribution in [3.63, 3.8) is 0 Å². The van der Waals surface area contributed by atoms with E-state index in [-0.39, 0.29) is 18.5 Å². The predicted octanol–water partition coefficient (Wildman–Crippen LogP) is 17.3. The molecule has 57 heavy (non-hydrogen) atoms. The van der Waals surface area contributed by atoms with Crippen molar-refractivity contribution in [1.82, 2.24) is 0 Å². The maximum atomic E-state index is 12.8. The Morgan fingerprint density at radius 3 is 0.895 bits per heavy atom. The van der Waals surface area contributed by atoms with Crippen LogP contribution in [-0.2, 0) is 23.8 Å². The summed E-state index contributed by atoms with van der Waals surface area (Å²) < 4.78 is 17.4. The molecule has 0 spiro atoms. The smallest absolute Gasteiger partial charge is 0.306 e. The normalized spacial score (nSPS) is 12.0. The van der Waals surface area contributed by atoms with Crippen molar-refractivity contribution in [2.24, 2.45) is 0 Å². The Labute approximate surface area is 357 Å². The molecule has 5 heteroatoms. The Kier molecular flexibility index (Phi) is 48.3. The number of carbonyl (C=O) groups is 2. The van der Waals surface area contributed by atoms with E-state index in [0.29, 0.717) is 26.1 Å². The first-order chi connectivity index (χ1) is 28.1. The largest absolute Gasteiger partial charge is 0.462 e. The summed E-state index contributed by atoms with van der Waals surface area (Å²) in [5, 5.41) is 0. The zero-order valence-corrected chi connectivity index (χ0v) is 39.1. The summed E-state index contributed by atoms with van der Waals surface area (Å²) in [6, 6.07) is 0. The number of hydrogen-bond acceptors (Lipinski definition) is 5. The summed E-state index contributed by atoms with van der Waals surface area (Å²) in [5.74, 6) is -0.372. The minimum absolute atomic E-state index is 0.0976. The predicted molar refractivity (Wildman–Crippen MR) is 247 cm³/mol. The van der Waals surface area contributed by atoms with Crippen LogP contribution >= 0.6 is 0 Å². The number of esters is 2. The van der Waals surface area contributed by atoms with Gasteiger partial charge in [-0.1, -0.05) is 265 Å². The van der Waals surface area contributed by atoms with E-state index in [0.717, 1.165) is 32.1 Å². The first-order valence-corrected chi connectivity index (χ1v) is 26.1. The van der Waals surface area contributed by atoms with Gasteiger partial charge in [0.2, 0.25) is 0 Å². The summed E-state index contributed by atoms with van der Waals surface area (Å²) in [5.41, 5.74) is 0. The van der Waals surface area contributed by atoms with Gasteiger partial charge in [0.1, 0.15) is 6.61 Å². The van der Waals surface area contributed by atoms with Crippen molar-refractivity contribution in [3.8, 4) is 0 Å². The molecule has 0 aromatic heterocycles. The maximum Gasteiger partial charge on any atom is 0.306 e. The molecule has 0 N–H and O–H groups in total. The van der Waals surface area contributed by atoms with Crippen LogP contribution in [0.15, 0.2) is 0 Å². The minimum Gasteiger partial charge on any atom is -0.462 e. The second kappa shape index (κ2) is 49.3. The third kappa shape index (κ3) is 47.5. The van der Waals surface area contributed by atoms with Crippen molar-refractivity contribution < 1.29 is 23.8 Å². The Morgan fingerprint density at radius 2 is 0.579 bits per heavy atom. The summed E-state index contributed by atoms with van der Waals surface area (Å²) in [6.45, 7) is 7.90.